The molecule has 106 valence electrons. The Bertz CT molecular complexity index is 279. The van der Waals surface area contributed by atoms with E-state index in [1.807, 2.05) is 7.05 Å². The summed E-state index contributed by atoms with van der Waals surface area (Å²) in [5.41, 5.74) is 0.0622. The largest absolute Gasteiger partial charge is 0.481 e. The molecule has 1 aliphatic rings. The van der Waals surface area contributed by atoms with Gasteiger partial charge in [0.05, 0.1) is 5.92 Å². The Labute approximate surface area is 111 Å². The van der Waals surface area contributed by atoms with Gasteiger partial charge in [-0.15, -0.1) is 0 Å². The molecule has 1 heterocycles. The van der Waals surface area contributed by atoms with Crippen molar-refractivity contribution in [3.8, 4) is 0 Å². The number of rotatable bonds is 5. The molecule has 1 atom stereocenters. The number of aliphatic carboxylic acids is 1. The number of hydrogen-bond acceptors (Lipinski definition) is 3. The molecule has 1 rings (SSSR count). The van der Waals surface area contributed by atoms with Crippen molar-refractivity contribution >= 4 is 5.97 Å². The predicted molar refractivity (Wildman–Crippen MR) is 73.8 cm³/mol. The molecule has 4 heteroatoms. The van der Waals surface area contributed by atoms with Crippen molar-refractivity contribution < 1.29 is 9.90 Å². The second-order valence-electron chi connectivity index (χ2n) is 6.20. The van der Waals surface area contributed by atoms with Crippen LogP contribution in [0.4, 0.5) is 0 Å². The number of carboxylic acids is 1. The molecule has 1 N–H and O–H groups in total. The van der Waals surface area contributed by atoms with Gasteiger partial charge in [0, 0.05) is 25.2 Å². The van der Waals surface area contributed by atoms with E-state index in [2.05, 4.69) is 30.6 Å². The average molecular weight is 256 g/mol. The van der Waals surface area contributed by atoms with Gasteiger partial charge in [-0.2, -0.15) is 0 Å². The topological polar surface area (TPSA) is 43.8 Å². The zero-order valence-electron chi connectivity index (χ0n) is 12.3. The van der Waals surface area contributed by atoms with E-state index < -0.39 is 5.97 Å². The average Bonchev–Trinajstić information content (AvgIpc) is 2.35. The molecular weight excluding hydrogens is 228 g/mol. The van der Waals surface area contributed by atoms with Gasteiger partial charge in [0.2, 0.25) is 0 Å². The van der Waals surface area contributed by atoms with Crippen LogP contribution in [-0.4, -0.2) is 59.6 Å². The van der Waals surface area contributed by atoms with Crippen LogP contribution in [0.25, 0.3) is 0 Å². The summed E-state index contributed by atoms with van der Waals surface area (Å²) in [4.78, 5) is 15.8. The fraction of sp³-hybridized carbons (Fsp3) is 0.929. The Morgan fingerprint density at radius 1 is 1.33 bits per heavy atom. The van der Waals surface area contributed by atoms with Gasteiger partial charge in [-0.1, -0.05) is 19.8 Å². The van der Waals surface area contributed by atoms with Crippen molar-refractivity contribution in [1.29, 1.82) is 0 Å². The highest BCUT2D eigenvalue weighted by atomic mass is 16.4. The van der Waals surface area contributed by atoms with Gasteiger partial charge < -0.3 is 10.0 Å². The first-order chi connectivity index (χ1) is 8.36. The molecule has 0 aromatic rings. The van der Waals surface area contributed by atoms with E-state index in [4.69, 9.17) is 0 Å². The van der Waals surface area contributed by atoms with E-state index in [1.54, 1.807) is 0 Å². The van der Waals surface area contributed by atoms with Crippen LogP contribution in [0.5, 0.6) is 0 Å². The van der Waals surface area contributed by atoms with E-state index in [-0.39, 0.29) is 11.5 Å². The third kappa shape index (κ3) is 4.25. The van der Waals surface area contributed by atoms with E-state index in [0.29, 0.717) is 13.1 Å². The fourth-order valence-corrected chi connectivity index (χ4v) is 2.88. The van der Waals surface area contributed by atoms with Gasteiger partial charge in [0.25, 0.3) is 0 Å². The minimum Gasteiger partial charge on any atom is -0.481 e. The van der Waals surface area contributed by atoms with Crippen LogP contribution in [0, 0.1) is 5.92 Å². The predicted octanol–water partition coefficient (Wildman–Crippen LogP) is 1.90. The molecule has 0 bridgehead atoms. The minimum atomic E-state index is -0.667. The van der Waals surface area contributed by atoms with Crippen LogP contribution < -0.4 is 0 Å². The molecule has 0 spiro atoms. The van der Waals surface area contributed by atoms with Crippen molar-refractivity contribution in [3.05, 3.63) is 0 Å². The third-order valence-electron chi connectivity index (χ3n) is 3.87. The van der Waals surface area contributed by atoms with Crippen LogP contribution in [0.1, 0.15) is 40.0 Å². The van der Waals surface area contributed by atoms with Crippen molar-refractivity contribution in [2.75, 3.05) is 33.2 Å². The SMILES string of the molecule is CCCCCN1CC(C(=O)O)CN(C)CC1(C)C. The normalized spacial score (nSPS) is 25.9. The van der Waals surface area contributed by atoms with Gasteiger partial charge in [0.1, 0.15) is 0 Å². The van der Waals surface area contributed by atoms with Crippen molar-refractivity contribution in [2.24, 2.45) is 5.92 Å². The van der Waals surface area contributed by atoms with Gasteiger partial charge in [-0.05, 0) is 33.9 Å². The first-order valence-corrected chi connectivity index (χ1v) is 7.03. The van der Waals surface area contributed by atoms with Crippen molar-refractivity contribution in [2.45, 2.75) is 45.6 Å². The summed E-state index contributed by atoms with van der Waals surface area (Å²) in [6.45, 7) is 9.92. The first kappa shape index (κ1) is 15.4. The number of unbranched alkanes of at least 4 members (excludes halogenated alkanes) is 2. The minimum absolute atomic E-state index is 0.0622. The maximum absolute atomic E-state index is 11.3. The summed E-state index contributed by atoms with van der Waals surface area (Å²) in [5.74, 6) is -0.932. The maximum Gasteiger partial charge on any atom is 0.309 e. The monoisotopic (exact) mass is 256 g/mol. The molecule has 0 saturated carbocycles. The van der Waals surface area contributed by atoms with Crippen molar-refractivity contribution in [1.82, 2.24) is 9.80 Å². The maximum atomic E-state index is 11.3. The molecule has 0 amide bonds. The van der Waals surface area contributed by atoms with Gasteiger partial charge in [0.15, 0.2) is 0 Å². The smallest absolute Gasteiger partial charge is 0.309 e. The second kappa shape index (κ2) is 6.53. The van der Waals surface area contributed by atoms with E-state index >= 15 is 0 Å². The first-order valence-electron chi connectivity index (χ1n) is 7.03. The fourth-order valence-electron chi connectivity index (χ4n) is 2.88. The quantitative estimate of drug-likeness (QED) is 0.763. The van der Waals surface area contributed by atoms with Crippen LogP contribution in [0.15, 0.2) is 0 Å². The summed E-state index contributed by atoms with van der Waals surface area (Å²) in [6, 6.07) is 0. The molecule has 1 fully saturated rings. The standard InChI is InChI=1S/C14H28N2O2/c1-5-6-7-8-16-10-12(13(17)18)9-15(4)11-14(16,2)3/h12H,5-11H2,1-4H3,(H,17,18). The number of nitrogens with zero attached hydrogens (tertiary/aromatic N) is 2. The number of carboxylic acid groups (broad SMARTS) is 1. The second-order valence-corrected chi connectivity index (χ2v) is 6.20. The molecular formula is C14H28N2O2. The van der Waals surface area contributed by atoms with Crippen LogP contribution in [-0.2, 0) is 4.79 Å². The van der Waals surface area contributed by atoms with E-state index in [1.165, 1.54) is 12.8 Å². The lowest BCUT2D eigenvalue weighted by Gasteiger charge is -2.38. The lowest BCUT2D eigenvalue weighted by atomic mass is 10.0. The van der Waals surface area contributed by atoms with Gasteiger partial charge in [-0.3, -0.25) is 9.69 Å². The van der Waals surface area contributed by atoms with Gasteiger partial charge in [-0.25, -0.2) is 0 Å². The van der Waals surface area contributed by atoms with E-state index in [9.17, 15) is 9.90 Å². The zero-order valence-corrected chi connectivity index (χ0v) is 12.3. The van der Waals surface area contributed by atoms with Crippen LogP contribution in [0.2, 0.25) is 0 Å². The summed E-state index contributed by atoms with van der Waals surface area (Å²) in [5, 5.41) is 9.29. The summed E-state index contributed by atoms with van der Waals surface area (Å²) >= 11 is 0. The Hall–Kier alpha value is -0.610. The molecule has 18 heavy (non-hydrogen) atoms. The van der Waals surface area contributed by atoms with Crippen LogP contribution >= 0.6 is 0 Å². The molecule has 0 aliphatic carbocycles. The Kier molecular flexibility index (Phi) is 5.60. The molecule has 1 aliphatic heterocycles. The summed E-state index contributed by atoms with van der Waals surface area (Å²) < 4.78 is 0. The lowest BCUT2D eigenvalue weighted by molar-refractivity contribution is -0.142. The van der Waals surface area contributed by atoms with Crippen molar-refractivity contribution in [3.63, 3.8) is 0 Å². The number of likely N-dealkylation sites (N-methyl/N-ethyl adjacent to an activating group) is 1. The highest BCUT2D eigenvalue weighted by molar-refractivity contribution is 5.70. The lowest BCUT2D eigenvalue weighted by Crippen LogP contribution is -2.49. The highest BCUT2D eigenvalue weighted by Gasteiger charge is 2.36. The summed E-state index contributed by atoms with van der Waals surface area (Å²) in [7, 11) is 2.02. The summed E-state index contributed by atoms with van der Waals surface area (Å²) in [6.07, 6.45) is 3.59. The number of carbonyl (C=O) groups is 1. The van der Waals surface area contributed by atoms with Gasteiger partial charge >= 0.3 is 5.97 Å². The Balaban J connectivity index is 2.71. The molecule has 0 radical (unpaired) electrons. The molecule has 0 aromatic heterocycles. The van der Waals surface area contributed by atoms with E-state index in [0.717, 1.165) is 19.5 Å². The molecule has 4 nitrogen and oxygen atoms in total. The molecule has 1 saturated heterocycles. The Morgan fingerprint density at radius 2 is 2.00 bits per heavy atom. The highest BCUT2D eigenvalue weighted by Crippen LogP contribution is 2.23. The zero-order chi connectivity index (χ0) is 13.8. The molecule has 0 aromatic carbocycles. The third-order valence-corrected chi connectivity index (χ3v) is 3.87. The number of hydrogen-bond donors (Lipinski definition) is 1. The van der Waals surface area contributed by atoms with Crippen LogP contribution in [0.3, 0.4) is 0 Å². The Morgan fingerprint density at radius 3 is 2.56 bits per heavy atom. The molecule has 1 unspecified atom stereocenters.